The number of benzene rings is 2. The number of rotatable bonds is 8. The Bertz CT molecular complexity index is 1960. The zero-order valence-electron chi connectivity index (χ0n) is 23.4. The molecule has 0 radical (unpaired) electrons. The zero-order chi connectivity index (χ0) is 33.4. The van der Waals surface area contributed by atoms with Crippen LogP contribution in [0.4, 0.5) is 42.8 Å². The van der Waals surface area contributed by atoms with E-state index >= 15 is 8.78 Å². The van der Waals surface area contributed by atoms with Gasteiger partial charge in [0.2, 0.25) is 16.0 Å². The number of halogens is 6. The molecule has 2 atom stereocenters. The lowest BCUT2D eigenvalue weighted by Gasteiger charge is -2.33. The van der Waals surface area contributed by atoms with Crippen molar-refractivity contribution in [1.29, 1.82) is 0 Å². The van der Waals surface area contributed by atoms with Gasteiger partial charge in [-0.1, -0.05) is 30.3 Å². The van der Waals surface area contributed by atoms with Crippen LogP contribution in [0.2, 0.25) is 0 Å². The molecule has 5 rings (SSSR count). The molecule has 0 bridgehead atoms. The highest BCUT2D eigenvalue weighted by Crippen LogP contribution is 2.30. The Morgan fingerprint density at radius 2 is 1.76 bits per heavy atom. The fourth-order valence-electron chi connectivity index (χ4n) is 5.06. The highest BCUT2D eigenvalue weighted by atomic mass is 32.2. The number of alkyl halides is 4. The Balaban J connectivity index is 1.51. The smallest absolute Gasteiger partial charge is 0.407 e. The third-order valence-electron chi connectivity index (χ3n) is 7.01. The van der Waals surface area contributed by atoms with Gasteiger partial charge in [0.1, 0.15) is 18.4 Å². The van der Waals surface area contributed by atoms with E-state index in [2.05, 4.69) is 15.3 Å². The van der Waals surface area contributed by atoms with E-state index in [4.69, 9.17) is 0 Å². The van der Waals surface area contributed by atoms with E-state index in [1.807, 2.05) is 4.72 Å². The van der Waals surface area contributed by atoms with E-state index in [1.165, 1.54) is 12.1 Å². The van der Waals surface area contributed by atoms with Crippen LogP contribution in [0.5, 0.6) is 0 Å². The van der Waals surface area contributed by atoms with Crippen LogP contribution in [0, 0.1) is 11.6 Å². The van der Waals surface area contributed by atoms with Crippen molar-refractivity contribution in [3.8, 4) is 11.1 Å². The average molecular weight is 671 g/mol. The monoisotopic (exact) mass is 670 g/mol. The number of aromatic nitrogens is 3. The molecule has 4 aromatic rings. The number of carboxylic acid groups (broad SMARTS) is 1. The number of hydrogen-bond donors (Lipinski definition) is 3. The number of likely N-dealkylation sites (tertiary alicyclic amines) is 1. The first-order valence-corrected chi connectivity index (χ1v) is 15.1. The summed E-state index contributed by atoms with van der Waals surface area (Å²) in [5.74, 6) is -4.28. The molecule has 0 saturated carbocycles. The van der Waals surface area contributed by atoms with Crippen molar-refractivity contribution >= 4 is 38.8 Å². The summed E-state index contributed by atoms with van der Waals surface area (Å²) in [4.78, 5) is 33.4. The number of nitrogens with one attached hydrogen (secondary N) is 2. The number of anilines is 2. The second-order valence-electron chi connectivity index (χ2n) is 10.5. The molecule has 3 heterocycles. The summed E-state index contributed by atoms with van der Waals surface area (Å²) in [6.45, 7) is -2.41. The molecular formula is C28H24F6N6O5S. The average Bonchev–Trinajstić information content (AvgIpc) is 2.97. The third-order valence-corrected chi connectivity index (χ3v) is 8.25. The van der Waals surface area contributed by atoms with E-state index in [0.29, 0.717) is 5.56 Å². The fraction of sp³-hybridized carbons (Fsp3) is 0.286. The van der Waals surface area contributed by atoms with E-state index in [-0.39, 0.29) is 35.4 Å². The lowest BCUT2D eigenvalue weighted by molar-refractivity contribution is -0.140. The molecule has 0 unspecified atom stereocenters. The van der Waals surface area contributed by atoms with Gasteiger partial charge in [0.25, 0.3) is 5.56 Å². The molecule has 0 spiro atoms. The number of nitrogens with zero attached hydrogens (tertiary/aromatic N) is 4. The molecular weight excluding hydrogens is 646 g/mol. The Hall–Kier alpha value is -4.87. The van der Waals surface area contributed by atoms with Crippen LogP contribution in [0.15, 0.2) is 59.5 Å². The SMILES string of the molecule is O=C(O)N1C[C@@H](F)C[C@H](Nc2ncc3cc(-c4ccc(NS(=O)(=O)Cc5ccccc5)c(F)c4F)c(=O)n(CC(F)(F)F)c3n2)C1. The molecule has 244 valence electrons. The number of hydrogen-bond acceptors (Lipinski definition) is 7. The minimum Gasteiger partial charge on any atom is -0.465 e. The first kappa shape index (κ1) is 32.5. The van der Waals surface area contributed by atoms with Crippen LogP contribution >= 0.6 is 0 Å². The van der Waals surface area contributed by atoms with Gasteiger partial charge in [-0.05, 0) is 23.8 Å². The highest BCUT2D eigenvalue weighted by molar-refractivity contribution is 7.91. The normalized spacial score (nSPS) is 17.2. The quantitative estimate of drug-likeness (QED) is 0.228. The van der Waals surface area contributed by atoms with Gasteiger partial charge in [0, 0.05) is 36.2 Å². The van der Waals surface area contributed by atoms with Gasteiger partial charge in [-0.15, -0.1) is 0 Å². The predicted octanol–water partition coefficient (Wildman–Crippen LogP) is 4.74. The molecule has 1 aliphatic heterocycles. The second-order valence-corrected chi connectivity index (χ2v) is 12.3. The van der Waals surface area contributed by atoms with E-state index < -0.39 is 86.5 Å². The van der Waals surface area contributed by atoms with Gasteiger partial charge in [-0.25, -0.2) is 31.4 Å². The molecule has 0 aliphatic carbocycles. The number of fused-ring (bicyclic) bond motifs is 1. The number of amides is 1. The van der Waals surface area contributed by atoms with E-state index in [1.54, 1.807) is 18.2 Å². The molecule has 1 amide bonds. The lowest BCUT2D eigenvalue weighted by Crippen LogP contribution is -2.49. The summed E-state index contributed by atoms with van der Waals surface area (Å²) >= 11 is 0. The minimum absolute atomic E-state index is 0.150. The van der Waals surface area contributed by atoms with Crippen LogP contribution in [-0.4, -0.2) is 70.5 Å². The summed E-state index contributed by atoms with van der Waals surface area (Å²) < 4.78 is 113. The summed E-state index contributed by atoms with van der Waals surface area (Å²) in [5, 5.41) is 11.7. The van der Waals surface area contributed by atoms with E-state index in [9.17, 15) is 40.7 Å². The van der Waals surface area contributed by atoms with Gasteiger partial charge in [-0.2, -0.15) is 18.2 Å². The number of carbonyl (C=O) groups is 1. The van der Waals surface area contributed by atoms with Crippen molar-refractivity contribution in [2.24, 2.45) is 0 Å². The first-order chi connectivity index (χ1) is 21.6. The number of piperidine rings is 1. The van der Waals surface area contributed by atoms with Crippen molar-refractivity contribution in [3.05, 3.63) is 82.3 Å². The van der Waals surface area contributed by atoms with Crippen molar-refractivity contribution in [2.75, 3.05) is 23.1 Å². The van der Waals surface area contributed by atoms with Crippen molar-refractivity contribution in [1.82, 2.24) is 19.4 Å². The van der Waals surface area contributed by atoms with Gasteiger partial charge < -0.3 is 15.3 Å². The summed E-state index contributed by atoms with van der Waals surface area (Å²) in [5.41, 5.74) is -3.81. The topological polar surface area (TPSA) is 147 Å². The third kappa shape index (κ3) is 7.32. The highest BCUT2D eigenvalue weighted by Gasteiger charge is 2.33. The molecule has 1 fully saturated rings. The zero-order valence-corrected chi connectivity index (χ0v) is 24.2. The largest absolute Gasteiger partial charge is 0.465 e. The molecule has 1 saturated heterocycles. The first-order valence-electron chi connectivity index (χ1n) is 13.5. The Morgan fingerprint density at radius 3 is 2.43 bits per heavy atom. The Morgan fingerprint density at radius 1 is 1.04 bits per heavy atom. The molecule has 2 aromatic carbocycles. The maximum absolute atomic E-state index is 15.3. The van der Waals surface area contributed by atoms with Gasteiger partial charge in [-0.3, -0.25) is 14.1 Å². The van der Waals surface area contributed by atoms with Crippen molar-refractivity contribution in [3.63, 3.8) is 0 Å². The van der Waals surface area contributed by atoms with Gasteiger partial charge in [0.15, 0.2) is 11.6 Å². The summed E-state index contributed by atoms with van der Waals surface area (Å²) in [6.07, 6.45) is -7.02. The standard InChI is InChI=1S/C28H24F6N6O5S/c29-17-9-18(12-39(11-17)27(42)43)36-26-35-10-16-8-20(25(41)40(24(16)37-26)14-28(32,33)34)19-6-7-21(23(31)22(19)30)38-46(44,45)13-15-4-2-1-3-5-15/h1-8,10,17-18,38H,9,11-14H2,(H,42,43)(H,35,36,37)/t17-,18-/m0/s1. The van der Waals surface area contributed by atoms with Crippen LogP contribution in [0.25, 0.3) is 22.2 Å². The second kappa shape index (κ2) is 12.5. The molecule has 2 aromatic heterocycles. The molecule has 18 heteroatoms. The Kier molecular flexibility index (Phi) is 8.83. The van der Waals surface area contributed by atoms with Crippen LogP contribution < -0.4 is 15.6 Å². The minimum atomic E-state index is -4.97. The van der Waals surface area contributed by atoms with E-state index in [0.717, 1.165) is 29.3 Å². The summed E-state index contributed by atoms with van der Waals surface area (Å²) in [6, 6.07) is 9.64. The Labute approximate surface area is 256 Å². The maximum atomic E-state index is 15.3. The van der Waals surface area contributed by atoms with Crippen LogP contribution in [0.3, 0.4) is 0 Å². The molecule has 3 N–H and O–H groups in total. The van der Waals surface area contributed by atoms with Crippen LogP contribution in [0.1, 0.15) is 12.0 Å². The summed E-state index contributed by atoms with van der Waals surface area (Å²) in [7, 11) is -4.22. The van der Waals surface area contributed by atoms with Gasteiger partial charge in [0.05, 0.1) is 23.5 Å². The number of sulfonamides is 1. The van der Waals surface area contributed by atoms with Crippen LogP contribution in [-0.2, 0) is 22.3 Å². The lowest BCUT2D eigenvalue weighted by atomic mass is 10.0. The molecule has 11 nitrogen and oxygen atoms in total. The number of pyridine rings is 1. The molecule has 46 heavy (non-hydrogen) atoms. The maximum Gasteiger partial charge on any atom is 0.407 e. The molecule has 1 aliphatic rings. The fourth-order valence-corrected chi connectivity index (χ4v) is 6.26. The van der Waals surface area contributed by atoms with Crippen molar-refractivity contribution < 1.29 is 44.7 Å². The van der Waals surface area contributed by atoms with Crippen molar-refractivity contribution in [2.45, 2.75) is 37.1 Å². The predicted molar refractivity (Wildman–Crippen MR) is 154 cm³/mol. The van der Waals surface area contributed by atoms with Gasteiger partial charge >= 0.3 is 12.3 Å².